The first-order valence-corrected chi connectivity index (χ1v) is 23.2. The Morgan fingerprint density at radius 3 is 1.65 bits per heavy atom. The van der Waals surface area contributed by atoms with Crippen molar-refractivity contribution in [2.45, 2.75) is 166 Å². The summed E-state index contributed by atoms with van der Waals surface area (Å²) >= 11 is 0. The van der Waals surface area contributed by atoms with Gasteiger partial charge in [0.1, 0.15) is 0 Å². The van der Waals surface area contributed by atoms with Crippen LogP contribution in [0.1, 0.15) is 160 Å². The van der Waals surface area contributed by atoms with Gasteiger partial charge in [-0.3, -0.25) is 14.4 Å². The van der Waals surface area contributed by atoms with Crippen molar-refractivity contribution in [2.24, 2.45) is 10.8 Å². The Hall–Kier alpha value is -4.83. The second-order valence-electron chi connectivity index (χ2n) is 18.4. The molecule has 0 bridgehead atoms. The van der Waals surface area contributed by atoms with Crippen LogP contribution in [0.3, 0.4) is 0 Å². The van der Waals surface area contributed by atoms with Crippen LogP contribution in [-0.4, -0.2) is 23.6 Å². The molecule has 1 atom stereocenters. The molecule has 4 nitrogen and oxygen atoms in total. The zero-order chi connectivity index (χ0) is 46.0. The van der Waals surface area contributed by atoms with Crippen LogP contribution >= 0.6 is 0 Å². The molecule has 0 spiro atoms. The molecular formula is C58H80O4. The van der Waals surface area contributed by atoms with E-state index in [4.69, 9.17) is 4.74 Å². The van der Waals surface area contributed by atoms with E-state index in [0.717, 1.165) is 90.4 Å². The molecule has 2 aliphatic rings. The lowest BCUT2D eigenvalue weighted by Crippen LogP contribution is -2.39. The molecule has 0 aliphatic heterocycles. The molecule has 0 unspecified atom stereocenters. The molecule has 2 rings (SSSR count). The Balaban J connectivity index is 1.81. The van der Waals surface area contributed by atoms with E-state index in [2.05, 4.69) is 160 Å². The molecular weight excluding hydrogens is 761 g/mol. The van der Waals surface area contributed by atoms with Gasteiger partial charge in [-0.25, -0.2) is 0 Å². The Labute approximate surface area is 377 Å². The normalized spacial score (nSPS) is 20.0. The van der Waals surface area contributed by atoms with Crippen LogP contribution < -0.4 is 0 Å². The van der Waals surface area contributed by atoms with Crippen LogP contribution in [0.15, 0.2) is 166 Å². The lowest BCUT2D eigenvalue weighted by Gasteiger charge is -2.36. The van der Waals surface area contributed by atoms with Crippen molar-refractivity contribution >= 4 is 17.5 Å². The van der Waals surface area contributed by atoms with Gasteiger partial charge in [-0.1, -0.05) is 211 Å². The van der Waals surface area contributed by atoms with Crippen molar-refractivity contribution in [1.82, 2.24) is 0 Å². The number of esters is 1. The number of hydrogen-bond acceptors (Lipinski definition) is 4. The molecule has 0 saturated carbocycles. The zero-order valence-electron chi connectivity index (χ0n) is 40.4. The summed E-state index contributed by atoms with van der Waals surface area (Å²) in [6.07, 6.45) is 53.4. The number of carbonyl (C=O) groups is 3. The van der Waals surface area contributed by atoms with E-state index in [1.807, 2.05) is 38.2 Å². The Kier molecular flexibility index (Phi) is 24.7. The van der Waals surface area contributed by atoms with Crippen molar-refractivity contribution < 1.29 is 19.1 Å². The van der Waals surface area contributed by atoms with Crippen molar-refractivity contribution in [1.29, 1.82) is 0 Å². The molecule has 2 aliphatic carbocycles. The third-order valence-corrected chi connectivity index (χ3v) is 11.7. The van der Waals surface area contributed by atoms with Gasteiger partial charge in [0.2, 0.25) is 0 Å². The number of carbonyl (C=O) groups excluding carboxylic acids is 3. The quantitative estimate of drug-likeness (QED) is 0.0552. The molecule has 0 radical (unpaired) electrons. The summed E-state index contributed by atoms with van der Waals surface area (Å²) in [5.41, 5.74) is 7.89. The van der Waals surface area contributed by atoms with Gasteiger partial charge in [0.05, 0.1) is 0 Å². The van der Waals surface area contributed by atoms with Crippen LogP contribution in [0.25, 0.3) is 0 Å². The maximum Gasteiger partial charge on any atom is 0.306 e. The fraction of sp³-hybridized carbons (Fsp3) is 0.466. The van der Waals surface area contributed by atoms with Crippen molar-refractivity contribution in [2.75, 3.05) is 0 Å². The highest BCUT2D eigenvalue weighted by Crippen LogP contribution is 2.41. The van der Waals surface area contributed by atoms with Gasteiger partial charge < -0.3 is 4.74 Å². The lowest BCUT2D eigenvalue weighted by molar-refractivity contribution is -0.156. The number of allylic oxidation sites excluding steroid dienone is 27. The fourth-order valence-corrected chi connectivity index (χ4v) is 7.60. The second-order valence-corrected chi connectivity index (χ2v) is 18.4. The van der Waals surface area contributed by atoms with Crippen LogP contribution in [0.2, 0.25) is 0 Å². The summed E-state index contributed by atoms with van der Waals surface area (Å²) in [5.74, 6) is -0.102. The van der Waals surface area contributed by atoms with Crippen molar-refractivity contribution in [3.05, 3.63) is 166 Å². The smallest absolute Gasteiger partial charge is 0.306 e. The van der Waals surface area contributed by atoms with E-state index in [-0.39, 0.29) is 28.4 Å². The van der Waals surface area contributed by atoms with Crippen molar-refractivity contribution in [3.8, 4) is 0 Å². The number of unbranched alkanes of at least 4 members (excludes halogenated alkanes) is 7. The number of ether oxygens (including phenoxy) is 1. The van der Waals surface area contributed by atoms with Gasteiger partial charge in [-0.05, 0) is 107 Å². The van der Waals surface area contributed by atoms with E-state index in [0.29, 0.717) is 24.8 Å². The first-order valence-electron chi connectivity index (χ1n) is 23.2. The lowest BCUT2D eigenvalue weighted by atomic mass is 9.71. The highest BCUT2D eigenvalue weighted by Gasteiger charge is 2.39. The standard InChI is InChI=1S/C58H80O4/c1-12-13-14-15-16-17-18-19-20-21-22-23-24-25-26-37-55(60)62-54-44-58(10,11)52(50(7)56(54)61)41-39-48(5)36-30-34-46(3)32-28-27-31-45(2)33-29-35-47(4)38-40-51-49(6)53(59)42-43-57(51,8)9/h15-20,27-36,38-41,54H,12-14,21-26,37,42-44H2,1-11H3/b16-15-,18-17+,20-19-,28-27+,33-29+,34-30+,40-38+,41-39+,45-31+,46-32+,47-35+,48-36+/t54-/m0/s1. The van der Waals surface area contributed by atoms with Crippen LogP contribution in [0, 0.1) is 10.8 Å². The largest absolute Gasteiger partial charge is 0.454 e. The van der Waals surface area contributed by atoms with Crippen molar-refractivity contribution in [3.63, 3.8) is 0 Å². The summed E-state index contributed by atoms with van der Waals surface area (Å²) in [4.78, 5) is 38.3. The van der Waals surface area contributed by atoms with E-state index >= 15 is 0 Å². The average Bonchev–Trinajstić information content (AvgIpc) is 3.21. The molecule has 0 aromatic carbocycles. The molecule has 0 fully saturated rings. The summed E-state index contributed by atoms with van der Waals surface area (Å²) in [6, 6.07) is 0. The highest BCUT2D eigenvalue weighted by atomic mass is 16.5. The Bertz CT molecular complexity index is 1940. The first-order chi connectivity index (χ1) is 29.5. The second kappa shape index (κ2) is 28.7. The molecule has 0 aromatic rings. The predicted octanol–water partition coefficient (Wildman–Crippen LogP) is 16.1. The molecule has 0 amide bonds. The van der Waals surface area contributed by atoms with Crippen LogP contribution in [-0.2, 0) is 19.1 Å². The van der Waals surface area contributed by atoms with Gasteiger partial charge in [0.15, 0.2) is 17.7 Å². The third kappa shape index (κ3) is 20.8. The molecule has 0 N–H and O–H groups in total. The number of hydrogen-bond donors (Lipinski definition) is 0. The monoisotopic (exact) mass is 841 g/mol. The maximum atomic E-state index is 13.3. The maximum absolute atomic E-state index is 13.3. The van der Waals surface area contributed by atoms with Gasteiger partial charge in [-0.2, -0.15) is 0 Å². The zero-order valence-corrected chi connectivity index (χ0v) is 40.4. The van der Waals surface area contributed by atoms with Gasteiger partial charge >= 0.3 is 5.97 Å². The summed E-state index contributed by atoms with van der Waals surface area (Å²) in [7, 11) is 0. The van der Waals surface area contributed by atoms with Crippen LogP contribution in [0.4, 0.5) is 0 Å². The van der Waals surface area contributed by atoms with Crippen LogP contribution in [0.5, 0.6) is 0 Å². The third-order valence-electron chi connectivity index (χ3n) is 11.7. The van der Waals surface area contributed by atoms with Gasteiger partial charge in [0.25, 0.3) is 0 Å². The minimum Gasteiger partial charge on any atom is -0.454 e. The molecule has 336 valence electrons. The molecule has 0 aromatic heterocycles. The average molecular weight is 841 g/mol. The Morgan fingerprint density at radius 1 is 0.597 bits per heavy atom. The SMILES string of the molecule is CCCC\C=C/C=C/C=C\CCCCCCCC(=O)O[C@H]1CC(C)(C)C(/C=C/C(C)=C/C=C/C(C)=C/C=C/C=C(C)/C=C/C=C(C)/C=C/C2=C(C)C(=O)CCC2(C)C)=C(C)C1=O. The molecule has 4 heteroatoms. The minimum atomic E-state index is -0.724. The fourth-order valence-electron chi connectivity index (χ4n) is 7.60. The predicted molar refractivity (Wildman–Crippen MR) is 267 cm³/mol. The number of rotatable bonds is 24. The summed E-state index contributed by atoms with van der Waals surface area (Å²) < 4.78 is 5.77. The van der Waals surface area contributed by atoms with E-state index in [1.165, 1.54) is 12.8 Å². The highest BCUT2D eigenvalue weighted by molar-refractivity contribution is 6.01. The van der Waals surface area contributed by atoms with Gasteiger partial charge in [0, 0.05) is 19.3 Å². The van der Waals surface area contributed by atoms with Gasteiger partial charge in [-0.15, -0.1) is 0 Å². The first kappa shape index (κ1) is 53.3. The molecule has 0 heterocycles. The topological polar surface area (TPSA) is 60.4 Å². The minimum absolute atomic E-state index is 0.0224. The summed E-state index contributed by atoms with van der Waals surface area (Å²) in [6.45, 7) is 23.0. The van der Waals surface area contributed by atoms with E-state index < -0.39 is 6.10 Å². The Morgan fingerprint density at radius 2 is 1.08 bits per heavy atom. The van der Waals surface area contributed by atoms with E-state index in [1.54, 1.807) is 0 Å². The van der Waals surface area contributed by atoms with E-state index in [9.17, 15) is 14.4 Å². The summed E-state index contributed by atoms with van der Waals surface area (Å²) in [5, 5.41) is 0. The molecule has 0 saturated heterocycles. The number of Topliss-reactive ketones (excluding diaryl/α,β-unsaturated/α-hetero) is 2. The molecule has 62 heavy (non-hydrogen) atoms. The number of ketones is 2.